The van der Waals surface area contributed by atoms with Gasteiger partial charge >= 0.3 is 0 Å². The van der Waals surface area contributed by atoms with Crippen LogP contribution in [0, 0.1) is 0 Å². The summed E-state index contributed by atoms with van der Waals surface area (Å²) in [6, 6.07) is 5.81. The topological polar surface area (TPSA) is 98.2 Å². The molecule has 7 nitrogen and oxygen atoms in total. The number of amides is 1. The monoisotopic (exact) mass is 341 g/mol. The van der Waals surface area contributed by atoms with Crippen LogP contribution in [0.1, 0.15) is 28.4 Å². The van der Waals surface area contributed by atoms with Crippen LogP contribution in [0.5, 0.6) is 0 Å². The number of rotatable bonds is 5. The predicted molar refractivity (Wildman–Crippen MR) is 82.8 cm³/mol. The van der Waals surface area contributed by atoms with Gasteiger partial charge < -0.3 is 4.74 Å². The molecule has 1 amide bonds. The second-order valence-corrected chi connectivity index (χ2v) is 7.60. The molecule has 9 heteroatoms. The van der Waals surface area contributed by atoms with E-state index in [0.717, 1.165) is 6.26 Å². The van der Waals surface area contributed by atoms with E-state index in [9.17, 15) is 13.2 Å². The number of hydrogen-bond acceptors (Lipinski definition) is 7. The third kappa shape index (κ3) is 3.87. The summed E-state index contributed by atoms with van der Waals surface area (Å²) in [6.45, 7) is 1.82. The first-order chi connectivity index (χ1) is 10.3. The highest BCUT2D eigenvalue weighted by Crippen LogP contribution is 2.23. The van der Waals surface area contributed by atoms with E-state index in [0.29, 0.717) is 10.1 Å². The van der Waals surface area contributed by atoms with Crippen molar-refractivity contribution in [3.63, 3.8) is 0 Å². The number of benzene rings is 1. The maximum absolute atomic E-state index is 12.1. The number of carbonyl (C=O) groups is 1. The first kappa shape index (κ1) is 16.5. The molecule has 0 aliphatic rings. The zero-order valence-corrected chi connectivity index (χ0v) is 13.9. The average Bonchev–Trinajstić information content (AvgIpc) is 2.94. The van der Waals surface area contributed by atoms with Crippen molar-refractivity contribution >= 4 is 32.2 Å². The lowest BCUT2D eigenvalue weighted by Gasteiger charge is -2.04. The highest BCUT2D eigenvalue weighted by Gasteiger charge is 2.15. The number of nitrogens with one attached hydrogen (secondary N) is 1. The van der Waals surface area contributed by atoms with E-state index in [1.54, 1.807) is 7.11 Å². The van der Waals surface area contributed by atoms with Crippen LogP contribution in [-0.2, 0) is 14.6 Å². The van der Waals surface area contributed by atoms with Crippen LogP contribution >= 0.6 is 11.3 Å². The van der Waals surface area contributed by atoms with Crippen LogP contribution in [0.3, 0.4) is 0 Å². The number of nitrogens with zero attached hydrogens (tertiary/aromatic N) is 2. The van der Waals surface area contributed by atoms with Gasteiger partial charge in [-0.15, -0.1) is 10.2 Å². The van der Waals surface area contributed by atoms with Crippen LogP contribution in [0.2, 0.25) is 0 Å². The van der Waals surface area contributed by atoms with Crippen LogP contribution in [0.25, 0.3) is 0 Å². The van der Waals surface area contributed by atoms with E-state index >= 15 is 0 Å². The minimum Gasteiger partial charge on any atom is -0.374 e. The highest BCUT2D eigenvalue weighted by molar-refractivity contribution is 7.90. The fourth-order valence-corrected chi connectivity index (χ4v) is 3.02. The summed E-state index contributed by atoms with van der Waals surface area (Å²) < 4.78 is 28.1. The zero-order chi connectivity index (χ0) is 16.3. The molecule has 22 heavy (non-hydrogen) atoms. The molecule has 1 atom stereocenters. The molecular formula is C13H15N3O4S2. The standard InChI is InChI=1S/C13H15N3O4S2/c1-8(20-2)12-15-16-13(21-12)14-11(17)9-5-4-6-10(7-9)22(3,18)19/h4-8H,1-3H3,(H,14,16,17). The smallest absolute Gasteiger partial charge is 0.257 e. The maximum Gasteiger partial charge on any atom is 0.257 e. The van der Waals surface area contributed by atoms with Gasteiger partial charge in [0, 0.05) is 18.9 Å². The van der Waals surface area contributed by atoms with Crippen molar-refractivity contribution in [1.82, 2.24) is 10.2 Å². The second-order valence-electron chi connectivity index (χ2n) is 4.58. The Morgan fingerprint density at radius 1 is 1.36 bits per heavy atom. The van der Waals surface area contributed by atoms with Gasteiger partial charge in [0.15, 0.2) is 9.84 Å². The van der Waals surface area contributed by atoms with Gasteiger partial charge in [0.05, 0.1) is 4.90 Å². The molecule has 0 aliphatic heterocycles. The third-order valence-electron chi connectivity index (χ3n) is 2.89. The van der Waals surface area contributed by atoms with Crippen LogP contribution in [0.15, 0.2) is 29.2 Å². The lowest BCUT2D eigenvalue weighted by Crippen LogP contribution is -2.12. The highest BCUT2D eigenvalue weighted by atomic mass is 32.2. The minimum absolute atomic E-state index is 0.0890. The fourth-order valence-electron chi connectivity index (χ4n) is 1.59. The second kappa shape index (κ2) is 6.51. The Hall–Kier alpha value is -1.84. The third-order valence-corrected chi connectivity index (χ3v) is 5.00. The maximum atomic E-state index is 12.1. The largest absolute Gasteiger partial charge is 0.374 e. The molecule has 118 valence electrons. The van der Waals surface area contributed by atoms with E-state index in [-0.39, 0.29) is 16.6 Å². The van der Waals surface area contributed by atoms with Gasteiger partial charge in [0.25, 0.3) is 5.91 Å². The van der Waals surface area contributed by atoms with Gasteiger partial charge in [0.1, 0.15) is 11.1 Å². The number of sulfone groups is 1. The minimum atomic E-state index is -3.36. The molecule has 1 unspecified atom stereocenters. The summed E-state index contributed by atoms with van der Waals surface area (Å²) in [5, 5.41) is 11.3. The number of hydrogen-bond donors (Lipinski definition) is 1. The van der Waals surface area contributed by atoms with Crippen molar-refractivity contribution in [1.29, 1.82) is 0 Å². The lowest BCUT2D eigenvalue weighted by molar-refractivity contribution is 0.102. The summed E-state index contributed by atoms with van der Waals surface area (Å²) in [5.41, 5.74) is 0.236. The van der Waals surface area contributed by atoms with Gasteiger partial charge in [-0.25, -0.2) is 8.42 Å². The van der Waals surface area contributed by atoms with Crippen molar-refractivity contribution in [3.8, 4) is 0 Å². The number of aromatic nitrogens is 2. The Morgan fingerprint density at radius 3 is 2.73 bits per heavy atom. The summed E-state index contributed by atoms with van der Waals surface area (Å²) >= 11 is 1.20. The molecule has 0 saturated heterocycles. The van der Waals surface area contributed by atoms with Gasteiger partial charge in [-0.3, -0.25) is 10.1 Å². The first-order valence-electron chi connectivity index (χ1n) is 6.29. The number of ether oxygens (including phenoxy) is 1. The van der Waals surface area contributed by atoms with E-state index in [1.165, 1.54) is 35.6 Å². The van der Waals surface area contributed by atoms with Crippen molar-refractivity contribution in [3.05, 3.63) is 34.8 Å². The van der Waals surface area contributed by atoms with Gasteiger partial charge in [-0.05, 0) is 25.1 Å². The van der Waals surface area contributed by atoms with Crippen LogP contribution in [-0.4, -0.2) is 37.9 Å². The molecule has 1 aromatic heterocycles. The van der Waals surface area contributed by atoms with Crippen molar-refractivity contribution < 1.29 is 17.9 Å². The summed E-state index contributed by atoms with van der Waals surface area (Å²) in [4.78, 5) is 12.2. The number of anilines is 1. The predicted octanol–water partition coefficient (Wildman–Crippen LogP) is 1.90. The molecule has 0 saturated carbocycles. The van der Waals surface area contributed by atoms with E-state index in [1.807, 2.05) is 6.92 Å². The SMILES string of the molecule is COC(C)c1nnc(NC(=O)c2cccc(S(C)(=O)=O)c2)s1. The molecule has 0 radical (unpaired) electrons. The molecule has 0 aliphatic carbocycles. The Balaban J connectivity index is 2.17. The van der Waals surface area contributed by atoms with Gasteiger partial charge in [-0.2, -0.15) is 0 Å². The van der Waals surface area contributed by atoms with Crippen LogP contribution in [0.4, 0.5) is 5.13 Å². The number of carbonyl (C=O) groups excluding carboxylic acids is 1. The Labute approximate surface area is 132 Å². The summed E-state index contributed by atoms with van der Waals surface area (Å²) in [7, 11) is -1.81. The van der Waals surface area contributed by atoms with Gasteiger partial charge in [0.2, 0.25) is 5.13 Å². The molecular weight excluding hydrogens is 326 g/mol. The molecule has 2 rings (SSSR count). The number of methoxy groups -OCH3 is 1. The molecule has 0 bridgehead atoms. The van der Waals surface area contributed by atoms with Crippen LogP contribution < -0.4 is 5.32 Å². The summed E-state index contributed by atoms with van der Waals surface area (Å²) in [6.07, 6.45) is 0.879. The Kier molecular flexibility index (Phi) is 4.89. The Bertz CT molecular complexity index is 786. The van der Waals surface area contributed by atoms with E-state index in [4.69, 9.17) is 4.74 Å². The van der Waals surface area contributed by atoms with E-state index in [2.05, 4.69) is 15.5 Å². The summed E-state index contributed by atoms with van der Waals surface area (Å²) in [5.74, 6) is -0.446. The lowest BCUT2D eigenvalue weighted by atomic mass is 10.2. The zero-order valence-electron chi connectivity index (χ0n) is 12.2. The molecule has 1 heterocycles. The normalized spacial score (nSPS) is 12.9. The average molecular weight is 341 g/mol. The molecule has 1 N–H and O–H groups in total. The van der Waals surface area contributed by atoms with Gasteiger partial charge in [-0.1, -0.05) is 17.4 Å². The fraction of sp³-hybridized carbons (Fsp3) is 0.308. The molecule has 0 spiro atoms. The van der Waals surface area contributed by atoms with Crippen molar-refractivity contribution in [2.24, 2.45) is 0 Å². The molecule has 1 aromatic carbocycles. The Morgan fingerprint density at radius 2 is 2.09 bits per heavy atom. The molecule has 0 fully saturated rings. The van der Waals surface area contributed by atoms with Crippen molar-refractivity contribution in [2.75, 3.05) is 18.7 Å². The molecule has 2 aromatic rings. The van der Waals surface area contributed by atoms with Crippen molar-refractivity contribution in [2.45, 2.75) is 17.9 Å². The van der Waals surface area contributed by atoms with E-state index < -0.39 is 15.7 Å². The quantitative estimate of drug-likeness (QED) is 0.892. The first-order valence-corrected chi connectivity index (χ1v) is 8.99.